The molecule has 126 valence electrons. The number of hydrogen-bond acceptors (Lipinski definition) is 5. The molecule has 0 aromatic heterocycles. The third kappa shape index (κ3) is 5.27. The average molecular weight is 350 g/mol. The van der Waals surface area contributed by atoms with Crippen LogP contribution >= 0.6 is 0 Å². The van der Waals surface area contributed by atoms with Gasteiger partial charge in [0, 0.05) is 11.8 Å². The fourth-order valence-electron chi connectivity index (χ4n) is 2.05. The number of Topliss-reactive ketones (excluding diaryl/α,β-unsaturated/α-hetero) is 1. The van der Waals surface area contributed by atoms with Gasteiger partial charge in [-0.15, -0.1) is 0 Å². The van der Waals surface area contributed by atoms with Gasteiger partial charge in [-0.05, 0) is 29.8 Å². The molecule has 0 radical (unpaired) electrons. The van der Waals surface area contributed by atoms with Crippen molar-refractivity contribution in [2.45, 2.75) is 5.75 Å². The summed E-state index contributed by atoms with van der Waals surface area (Å²) in [4.78, 5) is 23.8. The Balaban J connectivity index is 2.02. The Morgan fingerprint density at radius 1 is 1.04 bits per heavy atom. The Morgan fingerprint density at radius 3 is 2.38 bits per heavy atom. The quantitative estimate of drug-likeness (QED) is 0.591. The maximum absolute atomic E-state index is 13.1. The number of benzene rings is 2. The summed E-state index contributed by atoms with van der Waals surface area (Å²) in [6, 6.07) is 11.0. The normalized spacial score (nSPS) is 11.1. The molecule has 2 aromatic rings. The fraction of sp³-hybridized carbons (Fsp3) is 0.176. The average Bonchev–Trinajstić information content (AvgIpc) is 2.51. The Kier molecular flexibility index (Phi) is 5.46. The standard InChI is InChI=1S/C17H15FO5S/c1-24(21,22)11-12-4-2-6-14(8-12)17(20)23-10-16(19)13-5-3-7-15(18)9-13/h2-9H,10-11H2,1H3. The van der Waals surface area contributed by atoms with Crippen LogP contribution in [0.4, 0.5) is 4.39 Å². The number of sulfone groups is 1. The van der Waals surface area contributed by atoms with Crippen molar-refractivity contribution in [1.82, 2.24) is 0 Å². The SMILES string of the molecule is CS(=O)(=O)Cc1cccc(C(=O)OCC(=O)c2cccc(F)c2)c1. The lowest BCUT2D eigenvalue weighted by Gasteiger charge is -2.06. The van der Waals surface area contributed by atoms with Crippen molar-refractivity contribution in [3.8, 4) is 0 Å². The highest BCUT2D eigenvalue weighted by atomic mass is 32.2. The zero-order valence-electron chi connectivity index (χ0n) is 12.9. The molecule has 24 heavy (non-hydrogen) atoms. The predicted molar refractivity (Wildman–Crippen MR) is 86.0 cm³/mol. The summed E-state index contributed by atoms with van der Waals surface area (Å²) >= 11 is 0. The van der Waals surface area contributed by atoms with E-state index in [4.69, 9.17) is 4.74 Å². The van der Waals surface area contributed by atoms with Gasteiger partial charge in [-0.3, -0.25) is 4.79 Å². The molecule has 0 atom stereocenters. The van der Waals surface area contributed by atoms with Gasteiger partial charge in [-0.1, -0.05) is 24.3 Å². The Morgan fingerprint density at radius 2 is 1.71 bits per heavy atom. The summed E-state index contributed by atoms with van der Waals surface area (Å²) in [5, 5.41) is 0. The van der Waals surface area contributed by atoms with Crippen LogP contribution in [-0.4, -0.2) is 33.0 Å². The lowest BCUT2D eigenvalue weighted by Crippen LogP contribution is -2.14. The Labute approximate surface area is 139 Å². The van der Waals surface area contributed by atoms with Crippen LogP contribution in [0, 0.1) is 5.82 Å². The van der Waals surface area contributed by atoms with Gasteiger partial charge in [0.15, 0.2) is 22.2 Å². The van der Waals surface area contributed by atoms with Crippen molar-refractivity contribution < 1.29 is 27.1 Å². The van der Waals surface area contributed by atoms with Crippen molar-refractivity contribution >= 4 is 21.6 Å². The zero-order chi connectivity index (χ0) is 17.7. The molecule has 0 aliphatic rings. The molecule has 0 saturated carbocycles. The first-order valence-electron chi connectivity index (χ1n) is 6.97. The molecule has 0 saturated heterocycles. The van der Waals surface area contributed by atoms with Crippen LogP contribution < -0.4 is 0 Å². The minimum Gasteiger partial charge on any atom is -0.454 e. The molecular formula is C17H15FO5S. The Hall–Kier alpha value is -2.54. The summed E-state index contributed by atoms with van der Waals surface area (Å²) in [6.45, 7) is -0.529. The van der Waals surface area contributed by atoms with E-state index in [9.17, 15) is 22.4 Å². The zero-order valence-corrected chi connectivity index (χ0v) is 13.7. The van der Waals surface area contributed by atoms with Crippen molar-refractivity contribution in [3.05, 3.63) is 71.0 Å². The van der Waals surface area contributed by atoms with Gasteiger partial charge in [0.2, 0.25) is 0 Å². The van der Waals surface area contributed by atoms with Crippen molar-refractivity contribution in [2.75, 3.05) is 12.9 Å². The lowest BCUT2D eigenvalue weighted by atomic mass is 10.1. The van der Waals surface area contributed by atoms with E-state index >= 15 is 0 Å². The van der Waals surface area contributed by atoms with E-state index in [0.29, 0.717) is 5.56 Å². The molecule has 0 heterocycles. The van der Waals surface area contributed by atoms with E-state index in [-0.39, 0.29) is 16.9 Å². The second-order valence-electron chi connectivity index (χ2n) is 5.28. The molecule has 0 fully saturated rings. The molecule has 0 unspecified atom stereocenters. The second kappa shape index (κ2) is 7.35. The van der Waals surface area contributed by atoms with Crippen molar-refractivity contribution in [3.63, 3.8) is 0 Å². The first-order valence-corrected chi connectivity index (χ1v) is 9.03. The van der Waals surface area contributed by atoms with E-state index in [1.807, 2.05) is 0 Å². The van der Waals surface area contributed by atoms with Gasteiger partial charge in [-0.2, -0.15) is 0 Å². The van der Waals surface area contributed by atoms with Crippen molar-refractivity contribution in [2.24, 2.45) is 0 Å². The van der Waals surface area contributed by atoms with E-state index < -0.39 is 34.0 Å². The van der Waals surface area contributed by atoms with Crippen LogP contribution in [0.3, 0.4) is 0 Å². The number of hydrogen-bond donors (Lipinski definition) is 0. The molecule has 0 N–H and O–H groups in total. The lowest BCUT2D eigenvalue weighted by molar-refractivity contribution is 0.0474. The highest BCUT2D eigenvalue weighted by Gasteiger charge is 2.13. The summed E-state index contributed by atoms with van der Waals surface area (Å²) < 4.78 is 40.6. The molecule has 0 bridgehead atoms. The summed E-state index contributed by atoms with van der Waals surface area (Å²) in [6.07, 6.45) is 1.09. The van der Waals surface area contributed by atoms with Crippen LogP contribution in [0.15, 0.2) is 48.5 Å². The van der Waals surface area contributed by atoms with Gasteiger partial charge in [0.25, 0.3) is 0 Å². The Bertz CT molecular complexity index is 874. The molecule has 0 spiro atoms. The molecule has 0 aliphatic carbocycles. The summed E-state index contributed by atoms with van der Waals surface area (Å²) in [5.41, 5.74) is 0.695. The van der Waals surface area contributed by atoms with Gasteiger partial charge in [0.05, 0.1) is 11.3 Å². The highest BCUT2D eigenvalue weighted by Crippen LogP contribution is 2.11. The van der Waals surface area contributed by atoms with Crippen LogP contribution in [-0.2, 0) is 20.3 Å². The van der Waals surface area contributed by atoms with Crippen molar-refractivity contribution in [1.29, 1.82) is 0 Å². The molecular weight excluding hydrogens is 335 g/mol. The maximum atomic E-state index is 13.1. The first-order chi connectivity index (χ1) is 11.2. The number of carbonyl (C=O) groups excluding carboxylic acids is 2. The number of halogens is 1. The molecule has 2 rings (SSSR count). The third-order valence-corrected chi connectivity index (χ3v) is 3.93. The minimum absolute atomic E-state index is 0.105. The van der Waals surface area contributed by atoms with Crippen LogP contribution in [0.1, 0.15) is 26.3 Å². The predicted octanol–water partition coefficient (Wildman–Crippen LogP) is 2.41. The second-order valence-corrected chi connectivity index (χ2v) is 7.42. The summed E-state index contributed by atoms with van der Waals surface area (Å²) in [7, 11) is -3.23. The smallest absolute Gasteiger partial charge is 0.338 e. The largest absolute Gasteiger partial charge is 0.454 e. The third-order valence-electron chi connectivity index (χ3n) is 3.07. The number of ketones is 1. The van der Waals surface area contributed by atoms with Crippen LogP contribution in [0.25, 0.3) is 0 Å². The number of esters is 1. The monoisotopic (exact) mass is 350 g/mol. The maximum Gasteiger partial charge on any atom is 0.338 e. The van der Waals surface area contributed by atoms with E-state index in [2.05, 4.69) is 0 Å². The summed E-state index contributed by atoms with van der Waals surface area (Å²) in [5.74, 6) is -2.04. The molecule has 7 heteroatoms. The number of carbonyl (C=O) groups is 2. The van der Waals surface area contributed by atoms with E-state index in [1.54, 1.807) is 6.07 Å². The molecule has 0 amide bonds. The topological polar surface area (TPSA) is 77.5 Å². The number of ether oxygens (including phenoxy) is 1. The fourth-order valence-corrected chi connectivity index (χ4v) is 2.84. The highest BCUT2D eigenvalue weighted by molar-refractivity contribution is 7.89. The molecule has 5 nitrogen and oxygen atoms in total. The van der Waals surface area contributed by atoms with E-state index in [1.165, 1.54) is 36.4 Å². The van der Waals surface area contributed by atoms with Gasteiger partial charge < -0.3 is 4.74 Å². The first kappa shape index (κ1) is 17.8. The molecule has 0 aliphatic heterocycles. The van der Waals surface area contributed by atoms with Gasteiger partial charge in [0.1, 0.15) is 5.82 Å². The van der Waals surface area contributed by atoms with Gasteiger partial charge in [-0.25, -0.2) is 17.6 Å². The van der Waals surface area contributed by atoms with Crippen LogP contribution in [0.2, 0.25) is 0 Å². The minimum atomic E-state index is -3.23. The van der Waals surface area contributed by atoms with E-state index in [0.717, 1.165) is 12.3 Å². The number of rotatable bonds is 6. The van der Waals surface area contributed by atoms with Gasteiger partial charge >= 0.3 is 5.97 Å². The van der Waals surface area contributed by atoms with Crippen LogP contribution in [0.5, 0.6) is 0 Å². The molecule has 2 aromatic carbocycles.